The largest absolute Gasteiger partial charge is 0.308 e. The lowest BCUT2D eigenvalue weighted by Crippen LogP contribution is -2.42. The van der Waals surface area contributed by atoms with E-state index in [2.05, 4.69) is 6.07 Å². The first kappa shape index (κ1) is 19.0. The number of para-hydroxylation sites is 1. The third-order valence-electron chi connectivity index (χ3n) is 4.56. The van der Waals surface area contributed by atoms with Gasteiger partial charge in [0.05, 0.1) is 23.3 Å². The molecule has 3 rings (SSSR count). The second-order valence-electron chi connectivity index (χ2n) is 6.71. The smallest absolute Gasteiger partial charge is 0.237 e. The van der Waals surface area contributed by atoms with Gasteiger partial charge in [-0.1, -0.05) is 35.9 Å². The zero-order chi connectivity index (χ0) is 18.7. The predicted octanol–water partition coefficient (Wildman–Crippen LogP) is 3.62. The zero-order valence-electron chi connectivity index (χ0n) is 15.0. The van der Waals surface area contributed by atoms with Gasteiger partial charge in [0.1, 0.15) is 0 Å². The molecule has 0 spiro atoms. The van der Waals surface area contributed by atoms with Crippen molar-refractivity contribution in [3.05, 3.63) is 59.7 Å². The monoisotopic (exact) mass is 389 g/mol. The van der Waals surface area contributed by atoms with Gasteiger partial charge in [-0.05, 0) is 44.0 Å². The molecule has 0 aromatic heterocycles. The number of carbonyl (C=O) groups excluding carboxylic acids is 1. The number of hydrogen-bond donors (Lipinski definition) is 0. The van der Waals surface area contributed by atoms with Crippen LogP contribution in [0.5, 0.6) is 0 Å². The van der Waals surface area contributed by atoms with Crippen molar-refractivity contribution in [3.63, 3.8) is 0 Å². The summed E-state index contributed by atoms with van der Waals surface area (Å²) in [6.45, 7) is 4.09. The van der Waals surface area contributed by atoms with E-state index in [1.165, 1.54) is 17.3 Å². The number of thioether (sulfide) groups is 1. The molecule has 4 nitrogen and oxygen atoms in total. The van der Waals surface area contributed by atoms with Crippen LogP contribution in [0.3, 0.4) is 0 Å². The maximum Gasteiger partial charge on any atom is 0.237 e. The molecule has 6 heteroatoms. The number of carbonyl (C=O) groups is 1. The van der Waals surface area contributed by atoms with Crippen molar-refractivity contribution in [3.8, 4) is 0 Å². The average molecular weight is 390 g/mol. The van der Waals surface area contributed by atoms with Gasteiger partial charge in [-0.25, -0.2) is 8.42 Å². The summed E-state index contributed by atoms with van der Waals surface area (Å²) >= 11 is 1.50. The fourth-order valence-electron chi connectivity index (χ4n) is 3.30. The van der Waals surface area contributed by atoms with E-state index in [1.54, 1.807) is 4.90 Å². The number of anilines is 1. The molecule has 1 amide bonds. The highest BCUT2D eigenvalue weighted by molar-refractivity contribution is 8.00. The average Bonchev–Trinajstić information content (AvgIpc) is 2.95. The molecule has 0 unspecified atom stereocenters. The summed E-state index contributed by atoms with van der Waals surface area (Å²) in [6.07, 6.45) is 0.497. The Balaban J connectivity index is 1.79. The fraction of sp³-hybridized carbons (Fsp3) is 0.350. The Morgan fingerprint density at radius 2 is 1.88 bits per heavy atom. The summed E-state index contributed by atoms with van der Waals surface area (Å²) in [5.41, 5.74) is 3.11. The van der Waals surface area contributed by atoms with E-state index in [0.29, 0.717) is 6.42 Å². The number of hydrogen-bond acceptors (Lipinski definition) is 4. The molecule has 0 saturated carbocycles. The summed E-state index contributed by atoms with van der Waals surface area (Å²) in [7, 11) is -3.06. The minimum atomic E-state index is -3.06. The van der Waals surface area contributed by atoms with Crippen LogP contribution < -0.4 is 4.90 Å². The molecule has 1 atom stereocenters. The highest BCUT2D eigenvalue weighted by Crippen LogP contribution is 2.28. The zero-order valence-corrected chi connectivity index (χ0v) is 16.6. The Kier molecular flexibility index (Phi) is 5.73. The second-order valence-corrected chi connectivity index (χ2v) is 9.96. The SMILES string of the molecule is Cc1ccc(SCC(=O)N(c2ccccc2)[C@H]2CCS(=O)(=O)C2)c(C)c1. The molecule has 1 saturated heterocycles. The van der Waals surface area contributed by atoms with E-state index in [9.17, 15) is 13.2 Å². The van der Waals surface area contributed by atoms with Gasteiger partial charge in [-0.15, -0.1) is 11.8 Å². The number of amides is 1. The molecule has 138 valence electrons. The topological polar surface area (TPSA) is 54.5 Å². The first-order valence-electron chi connectivity index (χ1n) is 8.63. The van der Waals surface area contributed by atoms with Gasteiger partial charge in [-0.3, -0.25) is 4.79 Å². The molecular weight excluding hydrogens is 366 g/mol. The highest BCUT2D eigenvalue weighted by atomic mass is 32.2. The molecule has 1 aliphatic rings. The van der Waals surface area contributed by atoms with E-state index in [0.717, 1.165) is 16.1 Å². The van der Waals surface area contributed by atoms with Crippen molar-refractivity contribution >= 4 is 33.2 Å². The van der Waals surface area contributed by atoms with Gasteiger partial charge in [0.25, 0.3) is 0 Å². The minimum Gasteiger partial charge on any atom is -0.308 e. The molecule has 0 bridgehead atoms. The van der Waals surface area contributed by atoms with Crippen molar-refractivity contribution in [2.75, 3.05) is 22.2 Å². The molecule has 26 heavy (non-hydrogen) atoms. The lowest BCUT2D eigenvalue weighted by atomic mass is 10.2. The summed E-state index contributed by atoms with van der Waals surface area (Å²) < 4.78 is 23.8. The Morgan fingerprint density at radius 3 is 2.50 bits per heavy atom. The van der Waals surface area contributed by atoms with Gasteiger partial charge in [0.2, 0.25) is 5.91 Å². The van der Waals surface area contributed by atoms with E-state index in [-0.39, 0.29) is 29.2 Å². The Bertz CT molecular complexity index is 895. The number of sulfone groups is 1. The van der Waals surface area contributed by atoms with Crippen molar-refractivity contribution < 1.29 is 13.2 Å². The molecule has 1 fully saturated rings. The highest BCUT2D eigenvalue weighted by Gasteiger charge is 2.35. The van der Waals surface area contributed by atoms with Crippen molar-refractivity contribution in [1.82, 2.24) is 0 Å². The molecule has 1 aliphatic heterocycles. The molecule has 0 aliphatic carbocycles. The van der Waals surface area contributed by atoms with Crippen LogP contribution >= 0.6 is 11.8 Å². The first-order valence-corrected chi connectivity index (χ1v) is 11.4. The number of rotatable bonds is 5. The van der Waals surface area contributed by atoms with Crippen LogP contribution in [-0.2, 0) is 14.6 Å². The quantitative estimate of drug-likeness (QED) is 0.733. The van der Waals surface area contributed by atoms with E-state index in [4.69, 9.17) is 0 Å². The van der Waals surface area contributed by atoms with Gasteiger partial charge in [-0.2, -0.15) is 0 Å². The van der Waals surface area contributed by atoms with Crippen LogP contribution in [0.1, 0.15) is 17.5 Å². The molecule has 0 radical (unpaired) electrons. The second kappa shape index (κ2) is 7.84. The number of benzene rings is 2. The summed E-state index contributed by atoms with van der Waals surface area (Å²) in [5, 5.41) is 0. The van der Waals surface area contributed by atoms with Crippen LogP contribution in [0.15, 0.2) is 53.4 Å². The van der Waals surface area contributed by atoms with E-state index < -0.39 is 9.84 Å². The maximum absolute atomic E-state index is 13.0. The lowest BCUT2D eigenvalue weighted by Gasteiger charge is -2.28. The third kappa shape index (κ3) is 4.48. The molecule has 2 aromatic rings. The van der Waals surface area contributed by atoms with Crippen LogP contribution in [0.25, 0.3) is 0 Å². The maximum atomic E-state index is 13.0. The van der Waals surface area contributed by atoms with Crippen LogP contribution in [0.4, 0.5) is 5.69 Å². The van der Waals surface area contributed by atoms with Crippen molar-refractivity contribution in [2.24, 2.45) is 0 Å². The molecule has 0 N–H and O–H groups in total. The van der Waals surface area contributed by atoms with Gasteiger partial charge in [0, 0.05) is 10.6 Å². The number of nitrogens with zero attached hydrogens (tertiary/aromatic N) is 1. The van der Waals surface area contributed by atoms with Gasteiger partial charge in [0.15, 0.2) is 9.84 Å². The summed E-state index contributed by atoms with van der Waals surface area (Å²) in [6, 6.07) is 15.3. The standard InChI is InChI=1S/C20H23NO3S2/c1-15-8-9-19(16(2)12-15)25-13-20(22)21(17-6-4-3-5-7-17)18-10-11-26(23,24)14-18/h3-9,12,18H,10-11,13-14H2,1-2H3/t18-/m0/s1. The lowest BCUT2D eigenvalue weighted by molar-refractivity contribution is -0.116. The predicted molar refractivity (Wildman–Crippen MR) is 108 cm³/mol. The normalized spacial score (nSPS) is 18.6. The van der Waals surface area contributed by atoms with Gasteiger partial charge >= 0.3 is 0 Å². The third-order valence-corrected chi connectivity index (χ3v) is 7.47. The van der Waals surface area contributed by atoms with Crippen LogP contribution in [0, 0.1) is 13.8 Å². The number of aryl methyl sites for hydroxylation is 2. The fourth-order valence-corrected chi connectivity index (χ4v) is 5.87. The minimum absolute atomic E-state index is 0.0435. The Labute approximate surface area is 159 Å². The van der Waals surface area contributed by atoms with E-state index in [1.807, 2.05) is 56.3 Å². The van der Waals surface area contributed by atoms with Crippen LogP contribution in [0.2, 0.25) is 0 Å². The van der Waals surface area contributed by atoms with E-state index >= 15 is 0 Å². The molecule has 1 heterocycles. The Hall–Kier alpha value is -1.79. The summed E-state index contributed by atoms with van der Waals surface area (Å²) in [5.74, 6) is 0.429. The van der Waals surface area contributed by atoms with Gasteiger partial charge < -0.3 is 4.90 Å². The first-order chi connectivity index (χ1) is 12.4. The Morgan fingerprint density at radius 1 is 1.15 bits per heavy atom. The molecular formula is C20H23NO3S2. The van der Waals surface area contributed by atoms with Crippen molar-refractivity contribution in [1.29, 1.82) is 0 Å². The molecule has 2 aromatic carbocycles. The summed E-state index contributed by atoms with van der Waals surface area (Å²) in [4.78, 5) is 15.8. The van der Waals surface area contributed by atoms with Crippen LogP contribution in [-0.4, -0.2) is 37.6 Å². The van der Waals surface area contributed by atoms with Crippen molar-refractivity contribution in [2.45, 2.75) is 31.2 Å².